The number of carbonyl (C=O) groups is 1. The smallest absolute Gasteiger partial charge is 0.274 e. The van der Waals surface area contributed by atoms with Crippen LogP contribution in [0.25, 0.3) is 0 Å². The summed E-state index contributed by atoms with van der Waals surface area (Å²) in [5, 5.41) is 15.7. The van der Waals surface area contributed by atoms with E-state index >= 15 is 0 Å². The summed E-state index contributed by atoms with van der Waals surface area (Å²) in [5.74, 6) is 0.298. The predicted molar refractivity (Wildman–Crippen MR) is 148 cm³/mol. The Bertz CT molecular complexity index is 1080. The van der Waals surface area contributed by atoms with Crippen LogP contribution in [-0.2, 0) is 21.4 Å². The van der Waals surface area contributed by atoms with Gasteiger partial charge in [-0.1, -0.05) is 45.0 Å². The van der Waals surface area contributed by atoms with Crippen molar-refractivity contribution in [2.75, 3.05) is 45.8 Å². The molecule has 2 aliphatic heterocycles. The lowest BCUT2D eigenvalue weighted by atomic mass is 9.87. The van der Waals surface area contributed by atoms with Gasteiger partial charge in [-0.2, -0.15) is 0 Å². The lowest BCUT2D eigenvalue weighted by Crippen LogP contribution is -2.54. The van der Waals surface area contributed by atoms with Crippen molar-refractivity contribution in [3.8, 4) is 5.88 Å². The van der Waals surface area contributed by atoms with E-state index in [1.165, 1.54) is 5.56 Å². The maximum atomic E-state index is 13.5. The number of benzene rings is 1. The number of nitrogens with zero attached hydrogens (tertiary/aromatic N) is 3. The molecule has 0 radical (unpaired) electrons. The molecule has 2 aromatic rings. The Hall–Kier alpha value is -2.75. The van der Waals surface area contributed by atoms with Crippen LogP contribution in [-0.4, -0.2) is 79.7 Å². The summed E-state index contributed by atoms with van der Waals surface area (Å²) in [6, 6.07) is 9.22. The van der Waals surface area contributed by atoms with Gasteiger partial charge in [-0.25, -0.2) is 0 Å². The zero-order valence-electron chi connectivity index (χ0n) is 23.7. The van der Waals surface area contributed by atoms with E-state index in [0.29, 0.717) is 49.5 Å². The number of carbonyl (C=O) groups excluding carboxylic acids is 1. The first-order chi connectivity index (χ1) is 18.2. The molecule has 2 fully saturated rings. The predicted octanol–water partition coefficient (Wildman–Crippen LogP) is 3.70. The molecule has 0 spiro atoms. The first-order valence-electron chi connectivity index (χ1n) is 13.6. The number of aromatic nitrogens is 2. The van der Waals surface area contributed by atoms with Crippen LogP contribution in [0, 0.1) is 6.92 Å². The largest absolute Gasteiger partial charge is 0.478 e. The Morgan fingerprint density at radius 1 is 1.11 bits per heavy atom. The van der Waals surface area contributed by atoms with Crippen LogP contribution >= 0.6 is 0 Å². The fraction of sp³-hybridized carbons (Fsp3) is 0.621. The van der Waals surface area contributed by atoms with Gasteiger partial charge in [0.25, 0.3) is 11.8 Å². The van der Waals surface area contributed by atoms with Gasteiger partial charge in [0.2, 0.25) is 0 Å². The molecule has 38 heavy (non-hydrogen) atoms. The van der Waals surface area contributed by atoms with Crippen molar-refractivity contribution in [2.24, 2.45) is 0 Å². The number of nitrogens with one attached hydrogen (secondary N) is 2. The van der Waals surface area contributed by atoms with Gasteiger partial charge in [-0.3, -0.25) is 4.79 Å². The zero-order chi connectivity index (χ0) is 27.3. The molecular weight excluding hydrogens is 482 g/mol. The third-order valence-corrected chi connectivity index (χ3v) is 7.71. The minimum Gasteiger partial charge on any atom is -0.478 e. The van der Waals surface area contributed by atoms with E-state index in [1.807, 2.05) is 11.8 Å². The van der Waals surface area contributed by atoms with Crippen LogP contribution in [0.1, 0.15) is 67.2 Å². The molecule has 0 aliphatic carbocycles. The van der Waals surface area contributed by atoms with Crippen molar-refractivity contribution >= 4 is 11.6 Å². The van der Waals surface area contributed by atoms with Crippen molar-refractivity contribution in [3.05, 3.63) is 46.6 Å². The standard InChI is InChI=1S/C29H43N5O4/c1-19-25(30-17-20-7-9-21(10-8-20)29(2,3)4)27(37-6)33-32-26(19)28(35)34-14-11-22(12-15-34)31-23-13-16-38-18-24(23)36-5/h7-10,22-24,31H,11-18H2,1-6H3,(H,30,32). The highest BCUT2D eigenvalue weighted by atomic mass is 16.5. The fourth-order valence-corrected chi connectivity index (χ4v) is 5.20. The number of methoxy groups -OCH3 is 2. The van der Waals surface area contributed by atoms with Gasteiger partial charge in [0.1, 0.15) is 5.69 Å². The molecule has 2 saturated heterocycles. The second-order valence-electron chi connectivity index (χ2n) is 11.3. The Balaban J connectivity index is 1.39. The summed E-state index contributed by atoms with van der Waals surface area (Å²) in [7, 11) is 3.30. The first-order valence-corrected chi connectivity index (χ1v) is 13.6. The lowest BCUT2D eigenvalue weighted by molar-refractivity contribution is -0.0533. The van der Waals surface area contributed by atoms with Crippen molar-refractivity contribution in [3.63, 3.8) is 0 Å². The van der Waals surface area contributed by atoms with Crippen molar-refractivity contribution in [2.45, 2.75) is 77.1 Å². The van der Waals surface area contributed by atoms with Gasteiger partial charge in [-0.05, 0) is 42.7 Å². The number of amides is 1. The van der Waals surface area contributed by atoms with Gasteiger partial charge in [0, 0.05) is 51.0 Å². The number of ether oxygens (including phenoxy) is 3. The average Bonchev–Trinajstić information content (AvgIpc) is 2.92. The number of anilines is 1. The average molecular weight is 526 g/mol. The SMILES string of the molecule is COc1nnc(C(=O)N2CCC(NC3CCOCC3OC)CC2)c(C)c1NCc1ccc(C(C)(C)C)cc1. The van der Waals surface area contributed by atoms with E-state index in [9.17, 15) is 4.79 Å². The Labute approximate surface area is 226 Å². The molecule has 2 N–H and O–H groups in total. The van der Waals surface area contributed by atoms with Gasteiger partial charge in [0.05, 0.1) is 19.8 Å². The van der Waals surface area contributed by atoms with Crippen LogP contribution in [0.4, 0.5) is 5.69 Å². The molecule has 208 valence electrons. The normalized spacial score (nSPS) is 20.8. The number of rotatable bonds is 8. The quantitative estimate of drug-likeness (QED) is 0.539. The molecule has 0 bridgehead atoms. The van der Waals surface area contributed by atoms with E-state index in [2.05, 4.69) is 65.9 Å². The number of piperidine rings is 1. The molecule has 0 saturated carbocycles. The van der Waals surface area contributed by atoms with Crippen molar-refractivity contribution in [1.29, 1.82) is 0 Å². The molecule has 9 heteroatoms. The van der Waals surface area contributed by atoms with E-state index in [-0.39, 0.29) is 23.5 Å². The molecule has 1 aromatic carbocycles. The number of likely N-dealkylation sites (tertiary alicyclic amines) is 1. The third-order valence-electron chi connectivity index (χ3n) is 7.71. The van der Waals surface area contributed by atoms with E-state index in [0.717, 1.165) is 37.0 Å². The highest BCUT2D eigenvalue weighted by molar-refractivity contribution is 5.95. The summed E-state index contributed by atoms with van der Waals surface area (Å²) in [4.78, 5) is 15.4. The molecule has 1 amide bonds. The summed E-state index contributed by atoms with van der Waals surface area (Å²) in [5.41, 5.74) is 4.35. The summed E-state index contributed by atoms with van der Waals surface area (Å²) < 4.78 is 16.6. The van der Waals surface area contributed by atoms with Gasteiger partial charge in [-0.15, -0.1) is 10.2 Å². The Morgan fingerprint density at radius 3 is 2.45 bits per heavy atom. The zero-order valence-corrected chi connectivity index (χ0v) is 23.7. The van der Waals surface area contributed by atoms with Gasteiger partial charge >= 0.3 is 0 Å². The molecule has 2 aliphatic rings. The number of hydrogen-bond acceptors (Lipinski definition) is 8. The van der Waals surface area contributed by atoms with Gasteiger partial charge in [0.15, 0.2) is 5.69 Å². The number of hydrogen-bond donors (Lipinski definition) is 2. The van der Waals surface area contributed by atoms with Crippen molar-refractivity contribution in [1.82, 2.24) is 20.4 Å². The maximum Gasteiger partial charge on any atom is 0.274 e. The minimum absolute atomic E-state index is 0.0722. The Kier molecular flexibility index (Phi) is 9.23. The molecule has 1 aromatic heterocycles. The van der Waals surface area contributed by atoms with Crippen LogP contribution in [0.5, 0.6) is 5.88 Å². The van der Waals surface area contributed by atoms with Crippen molar-refractivity contribution < 1.29 is 19.0 Å². The summed E-state index contributed by atoms with van der Waals surface area (Å²) in [6.07, 6.45) is 2.78. The maximum absolute atomic E-state index is 13.5. The highest BCUT2D eigenvalue weighted by Crippen LogP contribution is 2.29. The van der Waals surface area contributed by atoms with E-state index in [1.54, 1.807) is 14.2 Å². The summed E-state index contributed by atoms with van der Waals surface area (Å²) >= 11 is 0. The van der Waals surface area contributed by atoms with Crippen LogP contribution in [0.2, 0.25) is 0 Å². The Morgan fingerprint density at radius 2 is 1.82 bits per heavy atom. The minimum atomic E-state index is -0.0884. The van der Waals surface area contributed by atoms with Crippen LogP contribution in [0.3, 0.4) is 0 Å². The molecular formula is C29H43N5O4. The molecule has 4 rings (SSSR count). The fourth-order valence-electron chi connectivity index (χ4n) is 5.20. The highest BCUT2D eigenvalue weighted by Gasteiger charge is 2.31. The molecule has 9 nitrogen and oxygen atoms in total. The van der Waals surface area contributed by atoms with E-state index in [4.69, 9.17) is 14.2 Å². The summed E-state index contributed by atoms with van der Waals surface area (Å²) in [6.45, 7) is 11.8. The second-order valence-corrected chi connectivity index (χ2v) is 11.3. The molecule has 2 atom stereocenters. The third kappa shape index (κ3) is 6.62. The second kappa shape index (κ2) is 12.4. The van der Waals surface area contributed by atoms with Crippen LogP contribution < -0.4 is 15.4 Å². The van der Waals surface area contributed by atoms with E-state index < -0.39 is 0 Å². The molecule has 2 unspecified atom stereocenters. The topological polar surface area (TPSA) is 97.8 Å². The first kappa shape index (κ1) is 28.3. The van der Waals surface area contributed by atoms with Gasteiger partial charge < -0.3 is 29.7 Å². The molecule has 3 heterocycles. The van der Waals surface area contributed by atoms with Crippen LogP contribution in [0.15, 0.2) is 24.3 Å². The lowest BCUT2D eigenvalue weighted by Gasteiger charge is -2.38. The monoisotopic (exact) mass is 525 g/mol.